The largest absolute Gasteiger partial charge is 0.463 e. The lowest BCUT2D eigenvalue weighted by Gasteiger charge is -2.30. The Hall–Kier alpha value is -2.70. The van der Waals surface area contributed by atoms with Crippen LogP contribution in [0.4, 0.5) is 0 Å². The van der Waals surface area contributed by atoms with E-state index >= 15 is 0 Å². The van der Waals surface area contributed by atoms with Crippen LogP contribution in [-0.2, 0) is 17.8 Å². The zero-order valence-corrected chi connectivity index (χ0v) is 16.3. The SMILES string of the molecule is O=C(CN1CCc2ccccc2C1)N1N=C(c2ccco2)CC1c1cccs1. The third-order valence-electron chi connectivity index (χ3n) is 5.41. The molecule has 6 heteroatoms. The van der Waals surface area contributed by atoms with Crippen molar-refractivity contribution in [3.05, 3.63) is 81.9 Å². The summed E-state index contributed by atoms with van der Waals surface area (Å²) in [5, 5.41) is 8.38. The number of hydrogen-bond acceptors (Lipinski definition) is 5. The first-order valence-corrected chi connectivity index (χ1v) is 10.4. The number of amides is 1. The van der Waals surface area contributed by atoms with Gasteiger partial charge in [-0.15, -0.1) is 11.3 Å². The van der Waals surface area contributed by atoms with Crippen LogP contribution in [-0.4, -0.2) is 34.6 Å². The van der Waals surface area contributed by atoms with Crippen molar-refractivity contribution in [1.29, 1.82) is 0 Å². The molecule has 0 saturated carbocycles. The van der Waals surface area contributed by atoms with Crippen molar-refractivity contribution in [3.8, 4) is 0 Å². The van der Waals surface area contributed by atoms with Crippen LogP contribution >= 0.6 is 11.3 Å². The molecular weight excluding hydrogens is 370 g/mol. The van der Waals surface area contributed by atoms with E-state index in [4.69, 9.17) is 4.42 Å². The number of fused-ring (bicyclic) bond motifs is 1. The van der Waals surface area contributed by atoms with Crippen LogP contribution in [0.1, 0.15) is 34.2 Å². The lowest BCUT2D eigenvalue weighted by molar-refractivity contribution is -0.134. The van der Waals surface area contributed by atoms with Crippen molar-refractivity contribution in [2.45, 2.75) is 25.4 Å². The highest BCUT2D eigenvalue weighted by atomic mass is 32.1. The van der Waals surface area contributed by atoms with Crippen molar-refractivity contribution in [1.82, 2.24) is 9.91 Å². The maximum absolute atomic E-state index is 13.2. The third kappa shape index (κ3) is 3.30. The highest BCUT2D eigenvalue weighted by molar-refractivity contribution is 7.10. The molecule has 0 bridgehead atoms. The minimum atomic E-state index is -0.0512. The van der Waals surface area contributed by atoms with Crippen LogP contribution in [0.15, 0.2) is 69.7 Å². The van der Waals surface area contributed by atoms with E-state index in [0.29, 0.717) is 13.0 Å². The molecule has 5 nitrogen and oxygen atoms in total. The van der Waals surface area contributed by atoms with Crippen molar-refractivity contribution < 1.29 is 9.21 Å². The fraction of sp³-hybridized carbons (Fsp3) is 0.273. The molecule has 1 atom stereocenters. The maximum Gasteiger partial charge on any atom is 0.257 e. The number of rotatable bonds is 4. The molecule has 1 amide bonds. The van der Waals surface area contributed by atoms with Crippen LogP contribution in [0.5, 0.6) is 0 Å². The van der Waals surface area contributed by atoms with Crippen molar-refractivity contribution in [3.63, 3.8) is 0 Å². The minimum absolute atomic E-state index is 0.0411. The summed E-state index contributed by atoms with van der Waals surface area (Å²) in [7, 11) is 0. The Labute approximate surface area is 167 Å². The number of furan rings is 1. The van der Waals surface area contributed by atoms with E-state index in [2.05, 4.69) is 40.3 Å². The highest BCUT2D eigenvalue weighted by Crippen LogP contribution is 2.35. The second-order valence-electron chi connectivity index (χ2n) is 7.23. The Bertz CT molecular complexity index is 995. The summed E-state index contributed by atoms with van der Waals surface area (Å²) in [4.78, 5) is 16.6. The molecule has 2 aromatic heterocycles. The molecule has 1 aromatic carbocycles. The second-order valence-corrected chi connectivity index (χ2v) is 8.21. The standard InChI is InChI=1S/C22H21N3O2S/c26-22(15-24-10-9-16-5-1-2-6-17(16)14-24)25-19(21-8-4-12-28-21)13-18(23-25)20-7-3-11-27-20/h1-8,11-12,19H,9-10,13-15H2. The zero-order chi connectivity index (χ0) is 18.9. The Morgan fingerprint density at radius 3 is 2.82 bits per heavy atom. The Kier molecular flexibility index (Phi) is 4.58. The van der Waals surface area contributed by atoms with Gasteiger partial charge in [0.15, 0.2) is 0 Å². The van der Waals surface area contributed by atoms with Gasteiger partial charge in [0, 0.05) is 24.4 Å². The smallest absolute Gasteiger partial charge is 0.257 e. The van der Waals surface area contributed by atoms with E-state index < -0.39 is 0 Å². The number of carbonyl (C=O) groups excluding carboxylic acids is 1. The Morgan fingerprint density at radius 1 is 1.14 bits per heavy atom. The van der Waals surface area contributed by atoms with E-state index in [1.165, 1.54) is 11.1 Å². The fourth-order valence-electron chi connectivity index (χ4n) is 3.99. The quantitative estimate of drug-likeness (QED) is 0.673. The third-order valence-corrected chi connectivity index (χ3v) is 6.39. The van der Waals surface area contributed by atoms with Crippen LogP contribution in [0, 0.1) is 0 Å². The van der Waals surface area contributed by atoms with Gasteiger partial charge in [-0.25, -0.2) is 5.01 Å². The lowest BCUT2D eigenvalue weighted by Crippen LogP contribution is -2.40. The zero-order valence-electron chi connectivity index (χ0n) is 15.5. The van der Waals surface area contributed by atoms with Gasteiger partial charge in [-0.3, -0.25) is 9.69 Å². The molecule has 0 radical (unpaired) electrons. The molecule has 0 N–H and O–H groups in total. The number of carbonyl (C=O) groups is 1. The van der Waals surface area contributed by atoms with Crippen molar-refractivity contribution in [2.24, 2.45) is 5.10 Å². The van der Waals surface area contributed by atoms with Crippen LogP contribution in [0.2, 0.25) is 0 Å². The minimum Gasteiger partial charge on any atom is -0.463 e. The Morgan fingerprint density at radius 2 is 2.04 bits per heavy atom. The molecule has 0 spiro atoms. The number of hydrazone groups is 1. The summed E-state index contributed by atoms with van der Waals surface area (Å²) in [5.41, 5.74) is 3.54. The number of thiophene rings is 1. The van der Waals surface area contributed by atoms with Gasteiger partial charge in [-0.1, -0.05) is 30.3 Å². The molecular formula is C22H21N3O2S. The van der Waals surface area contributed by atoms with E-state index in [1.54, 1.807) is 22.6 Å². The van der Waals surface area contributed by atoms with E-state index in [1.807, 2.05) is 23.6 Å². The molecule has 2 aliphatic rings. The molecule has 28 heavy (non-hydrogen) atoms. The van der Waals surface area contributed by atoms with E-state index in [0.717, 1.165) is 35.9 Å². The van der Waals surface area contributed by atoms with Crippen LogP contribution in [0.25, 0.3) is 0 Å². The summed E-state index contributed by atoms with van der Waals surface area (Å²) in [6.45, 7) is 2.09. The summed E-state index contributed by atoms with van der Waals surface area (Å²) < 4.78 is 5.52. The van der Waals surface area contributed by atoms with Crippen molar-refractivity contribution in [2.75, 3.05) is 13.1 Å². The van der Waals surface area contributed by atoms with E-state index in [9.17, 15) is 4.79 Å². The average molecular weight is 391 g/mol. The topological polar surface area (TPSA) is 49.1 Å². The highest BCUT2D eigenvalue weighted by Gasteiger charge is 2.35. The number of hydrogen-bond donors (Lipinski definition) is 0. The van der Waals surface area contributed by atoms with E-state index in [-0.39, 0.29) is 11.9 Å². The van der Waals surface area contributed by atoms with Gasteiger partial charge in [-0.2, -0.15) is 5.10 Å². The summed E-state index contributed by atoms with van der Waals surface area (Å²) in [5.74, 6) is 0.781. The molecule has 0 fully saturated rings. The maximum atomic E-state index is 13.2. The monoisotopic (exact) mass is 391 g/mol. The lowest BCUT2D eigenvalue weighted by atomic mass is 10.00. The first kappa shape index (κ1) is 17.4. The number of benzene rings is 1. The Balaban J connectivity index is 1.36. The van der Waals surface area contributed by atoms with Crippen LogP contribution in [0.3, 0.4) is 0 Å². The molecule has 4 heterocycles. The molecule has 0 aliphatic carbocycles. The van der Waals surface area contributed by atoms with Gasteiger partial charge in [0.05, 0.1) is 18.8 Å². The summed E-state index contributed by atoms with van der Waals surface area (Å²) in [6.07, 6.45) is 3.31. The van der Waals surface area contributed by atoms with Gasteiger partial charge in [0.1, 0.15) is 11.5 Å². The fourth-order valence-corrected chi connectivity index (χ4v) is 4.80. The molecule has 0 saturated heterocycles. The number of nitrogens with zero attached hydrogens (tertiary/aromatic N) is 3. The molecule has 1 unspecified atom stereocenters. The van der Waals surface area contributed by atoms with Gasteiger partial charge >= 0.3 is 0 Å². The molecule has 5 rings (SSSR count). The summed E-state index contributed by atoms with van der Waals surface area (Å²) in [6, 6.07) is 16.3. The first-order chi connectivity index (χ1) is 13.8. The van der Waals surface area contributed by atoms with Crippen molar-refractivity contribution >= 4 is 23.0 Å². The predicted molar refractivity (Wildman–Crippen MR) is 109 cm³/mol. The predicted octanol–water partition coefficient (Wildman–Crippen LogP) is 4.08. The van der Waals surface area contributed by atoms with Crippen LogP contribution < -0.4 is 0 Å². The molecule has 3 aromatic rings. The normalized spacial score (nSPS) is 19.5. The first-order valence-electron chi connectivity index (χ1n) is 9.54. The molecule has 2 aliphatic heterocycles. The van der Waals surface area contributed by atoms with Gasteiger partial charge in [0.25, 0.3) is 5.91 Å². The second kappa shape index (κ2) is 7.37. The van der Waals surface area contributed by atoms with Gasteiger partial charge in [-0.05, 0) is 41.1 Å². The average Bonchev–Trinajstić information content (AvgIpc) is 3.48. The molecule has 142 valence electrons. The summed E-state index contributed by atoms with van der Waals surface area (Å²) >= 11 is 1.67. The van der Waals surface area contributed by atoms with Gasteiger partial charge in [0.2, 0.25) is 0 Å². The van der Waals surface area contributed by atoms with Gasteiger partial charge < -0.3 is 4.42 Å².